The van der Waals surface area contributed by atoms with Crippen LogP contribution in [0.3, 0.4) is 0 Å². The quantitative estimate of drug-likeness (QED) is 0.110. The molecule has 392 valence electrons. The molecule has 16 atom stereocenters. The van der Waals surface area contributed by atoms with Crippen molar-refractivity contribution in [3.8, 4) is 0 Å². The van der Waals surface area contributed by atoms with E-state index in [0.29, 0.717) is 55.7 Å². The molecule has 17 heteroatoms. The lowest BCUT2D eigenvalue weighted by Gasteiger charge is -2.60. The van der Waals surface area contributed by atoms with Gasteiger partial charge in [-0.2, -0.15) is 0 Å². The minimum atomic E-state index is -0.936. The van der Waals surface area contributed by atoms with Crippen molar-refractivity contribution in [1.29, 1.82) is 0 Å². The second-order valence-electron chi connectivity index (χ2n) is 20.7. The summed E-state index contributed by atoms with van der Waals surface area (Å²) in [4.78, 5) is 47.2. The van der Waals surface area contributed by atoms with Gasteiger partial charge in [0.25, 0.3) is 0 Å². The number of hydrogen-bond acceptors (Lipinski definition) is 16. The van der Waals surface area contributed by atoms with Gasteiger partial charge in [-0.05, 0) is 111 Å². The van der Waals surface area contributed by atoms with Gasteiger partial charge in [0.1, 0.15) is 6.61 Å². The summed E-state index contributed by atoms with van der Waals surface area (Å²) in [5, 5.41) is 17.0. The van der Waals surface area contributed by atoms with Gasteiger partial charge in [0.05, 0.1) is 44.2 Å². The Kier molecular flexibility index (Phi) is 17.9. The molecule has 2 aromatic carbocycles. The molecule has 17 nitrogen and oxygen atoms in total. The van der Waals surface area contributed by atoms with Crippen LogP contribution in [0.4, 0.5) is 0 Å². The first-order chi connectivity index (χ1) is 33.1. The fourth-order valence-electron chi connectivity index (χ4n) is 12.4. The van der Waals surface area contributed by atoms with Gasteiger partial charge in [0.15, 0.2) is 36.4 Å². The van der Waals surface area contributed by atoms with Crippen molar-refractivity contribution in [2.75, 3.05) is 40.6 Å². The van der Waals surface area contributed by atoms with E-state index < -0.39 is 53.9 Å². The lowest BCUT2D eigenvalue weighted by Crippen LogP contribution is -2.70. The maximum Gasteiger partial charge on any atom is 0.338 e. The van der Waals surface area contributed by atoms with E-state index in [1.54, 1.807) is 50.6 Å². The SMILES string of the molecule is C.COCCO.COCCOC(=O)c1ccc(COC2O[C@@H]3O[C@]4(C)CC[C@H]5[C@H](C)CC[C@@H]([C@H]2C)[C@@]35OO4)cc1.C[C@@H]1CC[C@H]2[C@@H](C)C(OCc3ccc(C(=O)O)cc3)O[C@@H]3O[C@]4(C)CC[C@@H]1[C@]32OO4. The molecule has 8 heterocycles. The number of aromatic carboxylic acids is 1. The molecule has 2 N–H and O–H groups in total. The monoisotopic (exact) mass is 987 g/mol. The molecule has 0 radical (unpaired) electrons. The Balaban J connectivity index is 0.000000187. The molecule has 10 fully saturated rings. The predicted octanol–water partition coefficient (Wildman–Crippen LogP) is 8.59. The van der Waals surface area contributed by atoms with Crippen LogP contribution in [0, 0.1) is 47.3 Å². The number of aliphatic hydroxyl groups is 1. The summed E-state index contributed by atoms with van der Waals surface area (Å²) < 4.78 is 52.5. The van der Waals surface area contributed by atoms with Gasteiger partial charge in [-0.3, -0.25) is 0 Å². The van der Waals surface area contributed by atoms with Gasteiger partial charge in [0.2, 0.25) is 11.6 Å². The third-order valence-corrected chi connectivity index (χ3v) is 16.2. The molecule has 8 saturated heterocycles. The van der Waals surface area contributed by atoms with Crippen LogP contribution in [0.2, 0.25) is 0 Å². The number of methoxy groups -OCH3 is 2. The Morgan fingerprint density at radius 1 is 0.600 bits per heavy atom. The second-order valence-corrected chi connectivity index (χ2v) is 20.7. The van der Waals surface area contributed by atoms with Crippen molar-refractivity contribution in [1.82, 2.24) is 0 Å². The molecule has 8 aliphatic heterocycles. The number of aliphatic hydroxyl groups excluding tert-OH is 1. The van der Waals surface area contributed by atoms with Crippen LogP contribution in [-0.4, -0.2) is 111 Å². The van der Waals surface area contributed by atoms with Gasteiger partial charge >= 0.3 is 11.9 Å². The number of carbonyl (C=O) groups excluding carboxylic acids is 1. The molecule has 2 spiro atoms. The van der Waals surface area contributed by atoms with E-state index in [9.17, 15) is 9.59 Å². The molecule has 12 rings (SSSR count). The highest BCUT2D eigenvalue weighted by Gasteiger charge is 2.71. The van der Waals surface area contributed by atoms with Crippen LogP contribution in [0.1, 0.15) is 132 Å². The van der Waals surface area contributed by atoms with Crippen LogP contribution in [0.5, 0.6) is 0 Å². The Morgan fingerprint density at radius 3 is 1.44 bits per heavy atom. The molecular formula is C53H78O17. The fraction of sp³-hybridized carbons (Fsp3) is 0.736. The Morgan fingerprint density at radius 2 is 1.04 bits per heavy atom. The molecule has 4 bridgehead atoms. The van der Waals surface area contributed by atoms with Gasteiger partial charge in [-0.25, -0.2) is 29.1 Å². The van der Waals surface area contributed by atoms with E-state index >= 15 is 0 Å². The normalized spacial score (nSPS) is 39.7. The third kappa shape index (κ3) is 10.9. The Hall–Kier alpha value is -3.14. The zero-order valence-electron chi connectivity index (χ0n) is 41.5. The minimum absolute atomic E-state index is 0. The highest BCUT2D eigenvalue weighted by molar-refractivity contribution is 5.89. The summed E-state index contributed by atoms with van der Waals surface area (Å²) in [5.41, 5.74) is 1.45. The summed E-state index contributed by atoms with van der Waals surface area (Å²) >= 11 is 0. The minimum Gasteiger partial charge on any atom is -0.478 e. The fourth-order valence-corrected chi connectivity index (χ4v) is 12.4. The van der Waals surface area contributed by atoms with Crippen molar-refractivity contribution in [2.45, 2.75) is 161 Å². The van der Waals surface area contributed by atoms with E-state index in [1.165, 1.54) is 0 Å². The van der Waals surface area contributed by atoms with Crippen LogP contribution >= 0.6 is 0 Å². The first kappa shape index (κ1) is 54.6. The number of benzene rings is 2. The molecule has 0 aromatic heterocycles. The standard InChI is InChI=1S/C26H36O8.C23H30O7.C3H8O2.CH4/c1-16-5-10-21-17(2)23(31-24-26(21)20(16)11-12-25(3,32-24)33-34-26)30-15-18-6-8-19(9-7-18)22(27)29-14-13-28-4;1-13-4-9-18-14(2)20(26-12-15-5-7-16(8-6-15)19(24)25)27-21-23(18)17(13)10-11-22(3,28-21)29-30-23;1-5-3-2-4;/h6-9,16-17,20-21,23-24H,5,10-15H2,1-4H3;5-8,13-14,17-18,20-21H,4,9-12H2,1-3H3,(H,24,25);4H,2-3H2,1H3;1H4/t16-,17-,20+,21+,23?,24-,25+,26-;13-,14-,17+,18+,20?,21-,22+,23-;;/m11../s1. The van der Waals surface area contributed by atoms with E-state index in [4.69, 9.17) is 67.7 Å². The number of carboxylic acids is 1. The van der Waals surface area contributed by atoms with E-state index in [0.717, 1.165) is 62.5 Å². The zero-order valence-corrected chi connectivity index (χ0v) is 41.5. The lowest BCUT2D eigenvalue weighted by molar-refractivity contribution is -0.577. The number of ether oxygens (including phenoxy) is 9. The molecule has 10 aliphatic rings. The summed E-state index contributed by atoms with van der Waals surface area (Å²) in [6.07, 6.45) is 6.06. The van der Waals surface area contributed by atoms with Crippen LogP contribution in [-0.2, 0) is 75.4 Å². The smallest absolute Gasteiger partial charge is 0.338 e. The van der Waals surface area contributed by atoms with Crippen LogP contribution in [0.15, 0.2) is 48.5 Å². The summed E-state index contributed by atoms with van der Waals surface area (Å²) in [6, 6.07) is 14.0. The second kappa shape index (κ2) is 23.0. The molecule has 2 saturated carbocycles. The lowest BCUT2D eigenvalue weighted by atomic mass is 9.58. The first-order valence-electron chi connectivity index (χ1n) is 24.9. The average molecular weight is 987 g/mol. The summed E-state index contributed by atoms with van der Waals surface area (Å²) in [7, 11) is 3.12. The predicted molar refractivity (Wildman–Crippen MR) is 251 cm³/mol. The van der Waals surface area contributed by atoms with Gasteiger partial charge < -0.3 is 52.8 Å². The van der Waals surface area contributed by atoms with Gasteiger partial charge in [0, 0.05) is 50.7 Å². The Labute approximate surface area is 413 Å². The molecular weight excluding hydrogens is 909 g/mol. The van der Waals surface area contributed by atoms with Crippen molar-refractivity contribution < 1.29 is 82.0 Å². The number of carbonyl (C=O) groups is 2. The summed E-state index contributed by atoms with van der Waals surface area (Å²) in [6.45, 7) is 14.7. The van der Waals surface area contributed by atoms with Crippen molar-refractivity contribution in [3.05, 3.63) is 70.8 Å². The molecule has 2 aliphatic carbocycles. The summed E-state index contributed by atoms with van der Waals surface area (Å²) in [5.74, 6) is -0.490. The average Bonchev–Trinajstić information content (AvgIpc) is 3.72. The van der Waals surface area contributed by atoms with Crippen molar-refractivity contribution in [3.63, 3.8) is 0 Å². The largest absolute Gasteiger partial charge is 0.478 e. The number of esters is 1. The number of hydrogen-bond donors (Lipinski definition) is 2. The first-order valence-corrected chi connectivity index (χ1v) is 24.9. The molecule has 2 aromatic rings. The van der Waals surface area contributed by atoms with Gasteiger partial charge in [-0.1, -0.05) is 59.4 Å². The maximum absolute atomic E-state index is 12.1. The number of carboxylic acid groups (broad SMARTS) is 1. The molecule has 70 heavy (non-hydrogen) atoms. The van der Waals surface area contributed by atoms with Crippen LogP contribution in [0.25, 0.3) is 0 Å². The Bertz CT molecular complexity index is 2020. The van der Waals surface area contributed by atoms with Crippen molar-refractivity contribution >= 4 is 11.9 Å². The third-order valence-electron chi connectivity index (χ3n) is 16.2. The number of rotatable bonds is 13. The number of fused-ring (bicyclic) bond motifs is 4. The molecule has 2 unspecified atom stereocenters. The highest BCUT2D eigenvalue weighted by Crippen LogP contribution is 2.62. The highest BCUT2D eigenvalue weighted by atomic mass is 17.3. The van der Waals surface area contributed by atoms with Crippen LogP contribution < -0.4 is 0 Å². The van der Waals surface area contributed by atoms with Gasteiger partial charge in [-0.15, -0.1) is 0 Å². The topological polar surface area (TPSA) is 195 Å². The van der Waals surface area contributed by atoms with E-state index in [-0.39, 0.29) is 55.8 Å². The van der Waals surface area contributed by atoms with E-state index in [2.05, 4.69) is 32.4 Å². The molecule has 0 amide bonds. The van der Waals surface area contributed by atoms with E-state index in [1.807, 2.05) is 26.0 Å². The maximum atomic E-state index is 12.1. The zero-order chi connectivity index (χ0) is 49.1. The van der Waals surface area contributed by atoms with Crippen molar-refractivity contribution in [2.24, 2.45) is 47.3 Å².